The molecule has 0 radical (unpaired) electrons. The lowest BCUT2D eigenvalue weighted by molar-refractivity contribution is -0.113. The number of fused-ring (bicyclic) bond motifs is 1. The second-order valence-corrected chi connectivity index (χ2v) is 6.86. The smallest absolute Gasteiger partial charge is 0.234 e. The number of amides is 1. The van der Waals surface area contributed by atoms with Gasteiger partial charge in [-0.25, -0.2) is 14.6 Å². The van der Waals surface area contributed by atoms with Crippen molar-refractivity contribution in [1.29, 1.82) is 0 Å². The Morgan fingerprint density at radius 3 is 2.73 bits per heavy atom. The van der Waals surface area contributed by atoms with Crippen molar-refractivity contribution >= 4 is 34.5 Å². The van der Waals surface area contributed by atoms with E-state index in [9.17, 15) is 4.79 Å². The van der Waals surface area contributed by atoms with Crippen molar-refractivity contribution in [3.05, 3.63) is 36.2 Å². The molecule has 0 aliphatic rings. The van der Waals surface area contributed by atoms with Crippen LogP contribution in [0.4, 0.5) is 5.69 Å². The molecule has 0 atom stereocenters. The number of aromatic nitrogens is 5. The van der Waals surface area contributed by atoms with Crippen molar-refractivity contribution in [3.8, 4) is 0 Å². The quantitative estimate of drug-likeness (QED) is 0.484. The summed E-state index contributed by atoms with van der Waals surface area (Å²) in [5.74, 6) is 0.175. The Balaban J connectivity index is 1.58. The van der Waals surface area contributed by atoms with E-state index in [0.29, 0.717) is 22.7 Å². The van der Waals surface area contributed by atoms with Crippen molar-refractivity contribution in [2.75, 3.05) is 11.1 Å². The molecule has 1 N–H and O–H groups in total. The lowest BCUT2D eigenvalue weighted by atomic mass is 10.1. The second kappa shape index (κ2) is 8.75. The van der Waals surface area contributed by atoms with E-state index >= 15 is 0 Å². The van der Waals surface area contributed by atoms with E-state index in [0.717, 1.165) is 12.1 Å². The van der Waals surface area contributed by atoms with Gasteiger partial charge >= 0.3 is 0 Å². The highest BCUT2D eigenvalue weighted by Gasteiger charge is 2.13. The molecule has 0 spiro atoms. The highest BCUT2D eigenvalue weighted by Crippen LogP contribution is 2.22. The van der Waals surface area contributed by atoms with Gasteiger partial charge in [0, 0.05) is 12.2 Å². The Morgan fingerprint density at radius 2 is 2.00 bits per heavy atom. The molecule has 0 fully saturated rings. The SMILES string of the molecule is CCCCc1ccc(NC(=O)CSc2ncnc3c2nnn3CC)cc1. The van der Waals surface area contributed by atoms with Gasteiger partial charge in [-0.3, -0.25) is 4.79 Å². The number of thioether (sulfide) groups is 1. The van der Waals surface area contributed by atoms with Gasteiger partial charge in [0.25, 0.3) is 0 Å². The molecule has 0 saturated heterocycles. The first kappa shape index (κ1) is 18.3. The number of carbonyl (C=O) groups is 1. The van der Waals surface area contributed by atoms with Crippen LogP contribution in [0.15, 0.2) is 35.6 Å². The number of nitrogens with zero attached hydrogens (tertiary/aromatic N) is 5. The highest BCUT2D eigenvalue weighted by atomic mass is 32.2. The molecule has 3 aromatic rings. The zero-order valence-electron chi connectivity index (χ0n) is 15.0. The summed E-state index contributed by atoms with van der Waals surface area (Å²) in [5, 5.41) is 11.8. The summed E-state index contributed by atoms with van der Waals surface area (Å²) in [5.41, 5.74) is 3.42. The molecule has 0 aliphatic carbocycles. The first-order chi connectivity index (χ1) is 12.7. The second-order valence-electron chi connectivity index (χ2n) is 5.89. The average molecular weight is 370 g/mol. The molecule has 26 heavy (non-hydrogen) atoms. The molecule has 0 bridgehead atoms. The van der Waals surface area contributed by atoms with Crippen LogP contribution in [0.5, 0.6) is 0 Å². The zero-order chi connectivity index (χ0) is 18.4. The van der Waals surface area contributed by atoms with Crippen molar-refractivity contribution in [2.45, 2.75) is 44.7 Å². The predicted octanol–water partition coefficient (Wildman–Crippen LogP) is 3.31. The zero-order valence-corrected chi connectivity index (χ0v) is 15.8. The number of hydrogen-bond donors (Lipinski definition) is 1. The molecule has 2 aromatic heterocycles. The number of hydrogen-bond acceptors (Lipinski definition) is 6. The summed E-state index contributed by atoms with van der Waals surface area (Å²) in [6.07, 6.45) is 4.91. The Kier molecular flexibility index (Phi) is 6.17. The molecule has 7 nitrogen and oxygen atoms in total. The maximum absolute atomic E-state index is 12.2. The molecule has 8 heteroatoms. The highest BCUT2D eigenvalue weighted by molar-refractivity contribution is 8.00. The van der Waals surface area contributed by atoms with Crippen molar-refractivity contribution in [2.24, 2.45) is 0 Å². The normalized spacial score (nSPS) is 11.0. The minimum absolute atomic E-state index is 0.0778. The molecule has 0 saturated carbocycles. The largest absolute Gasteiger partial charge is 0.325 e. The maximum atomic E-state index is 12.2. The fraction of sp³-hybridized carbons (Fsp3) is 0.389. The van der Waals surface area contributed by atoms with E-state index < -0.39 is 0 Å². The predicted molar refractivity (Wildman–Crippen MR) is 103 cm³/mol. The van der Waals surface area contributed by atoms with E-state index in [1.165, 1.54) is 36.5 Å². The summed E-state index contributed by atoms with van der Waals surface area (Å²) in [4.78, 5) is 20.7. The summed E-state index contributed by atoms with van der Waals surface area (Å²) in [6, 6.07) is 8.03. The van der Waals surface area contributed by atoms with Crippen molar-refractivity contribution < 1.29 is 4.79 Å². The van der Waals surface area contributed by atoms with Gasteiger partial charge in [0.1, 0.15) is 11.4 Å². The summed E-state index contributed by atoms with van der Waals surface area (Å²) < 4.78 is 1.71. The van der Waals surface area contributed by atoms with Crippen LogP contribution in [0.25, 0.3) is 11.2 Å². The van der Waals surface area contributed by atoms with E-state index in [1.807, 2.05) is 19.1 Å². The van der Waals surface area contributed by atoms with Crippen LogP contribution in [0.2, 0.25) is 0 Å². The topological polar surface area (TPSA) is 85.6 Å². The molecule has 1 aromatic carbocycles. The Hall–Kier alpha value is -2.48. The van der Waals surface area contributed by atoms with E-state index in [1.54, 1.807) is 4.68 Å². The van der Waals surface area contributed by atoms with E-state index in [4.69, 9.17) is 0 Å². The number of benzene rings is 1. The monoisotopic (exact) mass is 370 g/mol. The maximum Gasteiger partial charge on any atom is 0.234 e. The average Bonchev–Trinajstić information content (AvgIpc) is 3.09. The van der Waals surface area contributed by atoms with Crippen LogP contribution in [-0.4, -0.2) is 36.6 Å². The summed E-state index contributed by atoms with van der Waals surface area (Å²) in [7, 11) is 0. The first-order valence-electron chi connectivity index (χ1n) is 8.77. The van der Waals surface area contributed by atoms with E-state index in [-0.39, 0.29) is 11.7 Å². The Bertz CT molecular complexity index is 877. The number of unbranched alkanes of at least 4 members (excludes halogenated alkanes) is 1. The summed E-state index contributed by atoms with van der Waals surface area (Å²) in [6.45, 7) is 4.84. The third kappa shape index (κ3) is 4.37. The molecule has 1 amide bonds. The van der Waals surface area contributed by atoms with Crippen LogP contribution in [0, 0.1) is 0 Å². The van der Waals surface area contributed by atoms with Gasteiger partial charge in [0.15, 0.2) is 11.2 Å². The molecular weight excluding hydrogens is 348 g/mol. The minimum Gasteiger partial charge on any atom is -0.325 e. The van der Waals surface area contributed by atoms with Crippen LogP contribution in [-0.2, 0) is 17.8 Å². The summed E-state index contributed by atoms with van der Waals surface area (Å²) >= 11 is 1.34. The molecule has 0 unspecified atom stereocenters. The molecule has 3 rings (SSSR count). The molecular formula is C18H22N6OS. The van der Waals surface area contributed by atoms with Gasteiger partial charge in [-0.1, -0.05) is 42.5 Å². The number of aryl methyl sites for hydroxylation is 2. The lowest BCUT2D eigenvalue weighted by Gasteiger charge is -2.06. The van der Waals surface area contributed by atoms with Crippen LogP contribution in [0.3, 0.4) is 0 Å². The lowest BCUT2D eigenvalue weighted by Crippen LogP contribution is -2.14. The number of anilines is 1. The molecule has 2 heterocycles. The number of nitrogens with one attached hydrogen (secondary N) is 1. The van der Waals surface area contributed by atoms with Crippen molar-refractivity contribution in [3.63, 3.8) is 0 Å². The standard InChI is InChI=1S/C18H22N6OS/c1-3-5-6-13-7-9-14(10-8-13)21-15(25)11-26-18-16-17(19-12-20-18)24(4-2)23-22-16/h7-10,12H,3-6,11H2,1-2H3,(H,21,25). The van der Waals surface area contributed by atoms with Gasteiger partial charge in [-0.2, -0.15) is 0 Å². The third-order valence-electron chi connectivity index (χ3n) is 3.96. The molecule has 136 valence electrons. The Morgan fingerprint density at radius 1 is 1.19 bits per heavy atom. The Labute approximate surface area is 156 Å². The third-order valence-corrected chi connectivity index (χ3v) is 4.94. The number of carbonyl (C=O) groups excluding carboxylic acids is 1. The van der Waals surface area contributed by atoms with Crippen LogP contribution < -0.4 is 5.32 Å². The van der Waals surface area contributed by atoms with Gasteiger partial charge in [0.05, 0.1) is 5.75 Å². The fourth-order valence-electron chi connectivity index (χ4n) is 2.56. The van der Waals surface area contributed by atoms with Gasteiger partial charge in [-0.15, -0.1) is 5.10 Å². The fourth-order valence-corrected chi connectivity index (χ4v) is 3.29. The van der Waals surface area contributed by atoms with Gasteiger partial charge < -0.3 is 5.32 Å². The van der Waals surface area contributed by atoms with Crippen LogP contribution >= 0.6 is 11.8 Å². The van der Waals surface area contributed by atoms with E-state index in [2.05, 4.69) is 44.7 Å². The van der Waals surface area contributed by atoms with Crippen LogP contribution in [0.1, 0.15) is 32.3 Å². The van der Waals surface area contributed by atoms with Crippen molar-refractivity contribution in [1.82, 2.24) is 25.0 Å². The van der Waals surface area contributed by atoms with Gasteiger partial charge in [-0.05, 0) is 37.5 Å². The van der Waals surface area contributed by atoms with Gasteiger partial charge in [0.2, 0.25) is 5.91 Å². The minimum atomic E-state index is -0.0778. The molecule has 0 aliphatic heterocycles. The first-order valence-corrected chi connectivity index (χ1v) is 9.75. The number of rotatable bonds is 8.